The maximum atomic E-state index is 12.3. The highest BCUT2D eigenvalue weighted by molar-refractivity contribution is 7.80. The minimum absolute atomic E-state index is 0.171. The third-order valence-electron chi connectivity index (χ3n) is 1.89. The number of hydrogen-bond donors (Lipinski definition) is 2. The van der Waals surface area contributed by atoms with Crippen LogP contribution in [-0.2, 0) is 6.18 Å². The largest absolute Gasteiger partial charge is 0.416 e. The number of nitrogens with one attached hydrogen (secondary N) is 2. The van der Waals surface area contributed by atoms with E-state index in [4.69, 9.17) is 12.2 Å². The maximum Gasteiger partial charge on any atom is 0.416 e. The Balaban J connectivity index is 2.66. The highest BCUT2D eigenvalue weighted by Crippen LogP contribution is 2.29. The molecule has 0 radical (unpaired) electrons. The minimum Gasteiger partial charge on any atom is -0.360 e. The van der Waals surface area contributed by atoms with Crippen LogP contribution in [0.4, 0.5) is 18.9 Å². The Bertz CT molecular complexity index is 385. The zero-order valence-corrected chi connectivity index (χ0v) is 10.2. The van der Waals surface area contributed by atoms with Crippen LogP contribution in [0.3, 0.4) is 0 Å². The van der Waals surface area contributed by atoms with Gasteiger partial charge in [0.05, 0.1) is 5.56 Å². The van der Waals surface area contributed by atoms with Gasteiger partial charge in [0.1, 0.15) is 0 Å². The van der Waals surface area contributed by atoms with Crippen molar-refractivity contribution < 1.29 is 13.2 Å². The first-order valence-electron chi connectivity index (χ1n) is 5.04. The Kier molecular flexibility index (Phi) is 4.34. The molecule has 17 heavy (non-hydrogen) atoms. The van der Waals surface area contributed by atoms with E-state index in [1.54, 1.807) is 0 Å². The van der Waals surface area contributed by atoms with Gasteiger partial charge in [-0.1, -0.05) is 0 Å². The van der Waals surface area contributed by atoms with Crippen LogP contribution in [0.1, 0.15) is 19.4 Å². The third kappa shape index (κ3) is 4.60. The van der Waals surface area contributed by atoms with Gasteiger partial charge in [0.15, 0.2) is 5.11 Å². The van der Waals surface area contributed by atoms with Crippen molar-refractivity contribution in [3.05, 3.63) is 29.8 Å². The number of halogens is 3. The molecule has 0 saturated carbocycles. The average Bonchev–Trinajstić information content (AvgIpc) is 2.15. The summed E-state index contributed by atoms with van der Waals surface area (Å²) in [4.78, 5) is 0. The first-order valence-corrected chi connectivity index (χ1v) is 5.44. The Morgan fingerprint density at radius 2 is 1.71 bits per heavy atom. The van der Waals surface area contributed by atoms with E-state index in [9.17, 15) is 13.2 Å². The van der Waals surface area contributed by atoms with Crippen molar-refractivity contribution >= 4 is 23.0 Å². The van der Waals surface area contributed by atoms with Gasteiger partial charge in [0, 0.05) is 11.7 Å². The van der Waals surface area contributed by atoms with Crippen LogP contribution in [0.5, 0.6) is 0 Å². The van der Waals surface area contributed by atoms with Gasteiger partial charge in [-0.15, -0.1) is 0 Å². The number of thiocarbonyl (C=S) groups is 1. The van der Waals surface area contributed by atoms with E-state index >= 15 is 0 Å². The number of alkyl halides is 3. The molecule has 2 N–H and O–H groups in total. The van der Waals surface area contributed by atoms with Crippen LogP contribution in [0, 0.1) is 0 Å². The van der Waals surface area contributed by atoms with Crippen LogP contribution in [-0.4, -0.2) is 11.2 Å². The molecule has 0 bridgehead atoms. The first-order chi connectivity index (χ1) is 7.79. The lowest BCUT2D eigenvalue weighted by Crippen LogP contribution is -2.33. The summed E-state index contributed by atoms with van der Waals surface area (Å²) in [5, 5.41) is 6.13. The van der Waals surface area contributed by atoms with Gasteiger partial charge in [-0.3, -0.25) is 0 Å². The zero-order chi connectivity index (χ0) is 13.1. The summed E-state index contributed by atoms with van der Waals surface area (Å²) in [5.41, 5.74) is -0.151. The molecule has 0 unspecified atom stereocenters. The fourth-order valence-corrected chi connectivity index (χ4v) is 1.53. The lowest BCUT2D eigenvalue weighted by atomic mass is 10.2. The fraction of sp³-hybridized carbons (Fsp3) is 0.364. The molecule has 0 atom stereocenters. The van der Waals surface area contributed by atoms with Crippen LogP contribution in [0.15, 0.2) is 24.3 Å². The molecular weight excluding hydrogens is 249 g/mol. The Labute approximate surface area is 103 Å². The number of rotatable bonds is 2. The molecule has 0 fully saturated rings. The topological polar surface area (TPSA) is 24.1 Å². The summed E-state index contributed by atoms with van der Waals surface area (Å²) in [6.07, 6.45) is -4.31. The summed E-state index contributed by atoms with van der Waals surface area (Å²) in [6, 6.07) is 4.89. The van der Waals surface area contributed by atoms with Gasteiger partial charge in [-0.25, -0.2) is 0 Å². The van der Waals surface area contributed by atoms with Crippen molar-refractivity contribution in [3.63, 3.8) is 0 Å². The Morgan fingerprint density at radius 1 is 1.18 bits per heavy atom. The van der Waals surface area contributed by atoms with E-state index in [1.807, 2.05) is 13.8 Å². The van der Waals surface area contributed by atoms with Gasteiger partial charge in [-0.05, 0) is 50.3 Å². The molecule has 94 valence electrons. The predicted molar refractivity (Wildman–Crippen MR) is 65.9 cm³/mol. The van der Waals surface area contributed by atoms with Gasteiger partial charge in [0.25, 0.3) is 0 Å². The molecule has 0 amide bonds. The molecule has 0 saturated heterocycles. The number of benzene rings is 1. The monoisotopic (exact) mass is 262 g/mol. The van der Waals surface area contributed by atoms with Crippen molar-refractivity contribution in [3.8, 4) is 0 Å². The predicted octanol–water partition coefficient (Wildman–Crippen LogP) is 3.40. The van der Waals surface area contributed by atoms with Crippen LogP contribution >= 0.6 is 12.2 Å². The zero-order valence-electron chi connectivity index (χ0n) is 9.43. The van der Waals surface area contributed by atoms with Gasteiger partial charge >= 0.3 is 6.18 Å². The van der Waals surface area contributed by atoms with Gasteiger partial charge < -0.3 is 10.6 Å². The van der Waals surface area contributed by atoms with E-state index in [2.05, 4.69) is 10.6 Å². The molecule has 1 aromatic carbocycles. The molecule has 0 aliphatic carbocycles. The van der Waals surface area contributed by atoms with Crippen LogP contribution < -0.4 is 10.6 Å². The van der Waals surface area contributed by atoms with Crippen LogP contribution in [0.25, 0.3) is 0 Å². The number of hydrogen-bond acceptors (Lipinski definition) is 1. The molecule has 0 aliphatic heterocycles. The molecule has 0 heterocycles. The summed E-state index contributed by atoms with van der Waals surface area (Å²) >= 11 is 4.97. The maximum absolute atomic E-state index is 12.3. The van der Waals surface area contributed by atoms with Crippen LogP contribution in [0.2, 0.25) is 0 Å². The van der Waals surface area contributed by atoms with Crippen molar-refractivity contribution in [1.82, 2.24) is 5.32 Å². The SMILES string of the molecule is CC(C)NC(=S)Nc1ccc(C(F)(F)F)cc1. The van der Waals surface area contributed by atoms with Crippen molar-refractivity contribution in [2.24, 2.45) is 0 Å². The number of anilines is 1. The molecule has 1 rings (SSSR count). The molecule has 6 heteroatoms. The van der Waals surface area contributed by atoms with E-state index in [-0.39, 0.29) is 6.04 Å². The second-order valence-electron chi connectivity index (χ2n) is 3.83. The van der Waals surface area contributed by atoms with Crippen molar-refractivity contribution in [2.45, 2.75) is 26.1 Å². The second kappa shape index (κ2) is 5.35. The standard InChI is InChI=1S/C11H13F3N2S/c1-7(2)15-10(17)16-9-5-3-8(4-6-9)11(12,13)14/h3-7H,1-2H3,(H2,15,16,17). The summed E-state index contributed by atoms with van der Waals surface area (Å²) in [6.45, 7) is 3.83. The fourth-order valence-electron chi connectivity index (χ4n) is 1.17. The molecule has 2 nitrogen and oxygen atoms in total. The van der Waals surface area contributed by atoms with E-state index in [0.29, 0.717) is 10.8 Å². The van der Waals surface area contributed by atoms with Gasteiger partial charge in [0.2, 0.25) is 0 Å². The van der Waals surface area contributed by atoms with Crippen molar-refractivity contribution in [2.75, 3.05) is 5.32 Å². The molecule has 0 aromatic heterocycles. The van der Waals surface area contributed by atoms with E-state index in [0.717, 1.165) is 12.1 Å². The molecule has 0 spiro atoms. The quantitative estimate of drug-likeness (QED) is 0.799. The average molecular weight is 262 g/mol. The third-order valence-corrected chi connectivity index (χ3v) is 2.11. The molecule has 1 aromatic rings. The summed E-state index contributed by atoms with van der Waals surface area (Å²) < 4.78 is 36.9. The summed E-state index contributed by atoms with van der Waals surface area (Å²) in [5.74, 6) is 0. The lowest BCUT2D eigenvalue weighted by Gasteiger charge is -2.13. The lowest BCUT2D eigenvalue weighted by molar-refractivity contribution is -0.137. The Hall–Kier alpha value is -1.30. The molecule has 0 aliphatic rings. The van der Waals surface area contributed by atoms with Crippen molar-refractivity contribution in [1.29, 1.82) is 0 Å². The Morgan fingerprint density at radius 3 is 2.12 bits per heavy atom. The smallest absolute Gasteiger partial charge is 0.360 e. The first kappa shape index (κ1) is 13.8. The minimum atomic E-state index is -4.31. The van der Waals surface area contributed by atoms with Gasteiger partial charge in [-0.2, -0.15) is 13.2 Å². The molecular formula is C11H13F3N2S. The highest BCUT2D eigenvalue weighted by atomic mass is 32.1. The normalized spacial score (nSPS) is 11.4. The summed E-state index contributed by atoms with van der Waals surface area (Å²) in [7, 11) is 0. The van der Waals surface area contributed by atoms with E-state index in [1.165, 1.54) is 12.1 Å². The highest BCUT2D eigenvalue weighted by Gasteiger charge is 2.29. The van der Waals surface area contributed by atoms with E-state index < -0.39 is 11.7 Å². The second-order valence-corrected chi connectivity index (χ2v) is 4.24.